The van der Waals surface area contributed by atoms with Gasteiger partial charge in [0, 0.05) is 16.1 Å². The van der Waals surface area contributed by atoms with Crippen LogP contribution >= 0.6 is 39.1 Å². The van der Waals surface area contributed by atoms with Crippen molar-refractivity contribution in [2.24, 2.45) is 5.73 Å². The summed E-state index contributed by atoms with van der Waals surface area (Å²) in [4.78, 5) is 0. The van der Waals surface area contributed by atoms with Gasteiger partial charge in [0.1, 0.15) is 5.82 Å². The zero-order valence-electron chi connectivity index (χ0n) is 9.84. The predicted molar refractivity (Wildman–Crippen MR) is 81.2 cm³/mol. The number of halogens is 4. The van der Waals surface area contributed by atoms with Crippen molar-refractivity contribution in [3.05, 3.63) is 67.9 Å². The van der Waals surface area contributed by atoms with Crippen LogP contribution < -0.4 is 5.73 Å². The molecule has 0 heterocycles. The van der Waals surface area contributed by atoms with Crippen molar-refractivity contribution in [1.29, 1.82) is 0 Å². The summed E-state index contributed by atoms with van der Waals surface area (Å²) in [6.07, 6.45) is 0.445. The lowest BCUT2D eigenvalue weighted by Gasteiger charge is -2.16. The van der Waals surface area contributed by atoms with Crippen LogP contribution in [0.15, 0.2) is 40.9 Å². The summed E-state index contributed by atoms with van der Waals surface area (Å²) >= 11 is 15.4. The summed E-state index contributed by atoms with van der Waals surface area (Å²) in [6, 6.07) is 9.70. The summed E-state index contributed by atoms with van der Waals surface area (Å²) in [5.41, 5.74) is 7.58. The van der Waals surface area contributed by atoms with Crippen LogP contribution in [0.3, 0.4) is 0 Å². The largest absolute Gasteiger partial charge is 0.324 e. The number of rotatable bonds is 3. The van der Waals surface area contributed by atoms with Crippen molar-refractivity contribution in [2.45, 2.75) is 12.5 Å². The third-order valence-electron chi connectivity index (χ3n) is 2.87. The number of hydrogen-bond donors (Lipinski definition) is 1. The van der Waals surface area contributed by atoms with Crippen LogP contribution in [0, 0.1) is 5.82 Å². The first kappa shape index (κ1) is 14.8. The van der Waals surface area contributed by atoms with E-state index in [1.807, 2.05) is 0 Å². The maximum Gasteiger partial charge on any atom is 0.137 e. The van der Waals surface area contributed by atoms with Crippen LogP contribution in [-0.4, -0.2) is 0 Å². The van der Waals surface area contributed by atoms with E-state index in [2.05, 4.69) is 15.9 Å². The Bertz CT molecular complexity index is 584. The van der Waals surface area contributed by atoms with E-state index in [0.717, 1.165) is 5.56 Å². The molecule has 0 saturated carbocycles. The van der Waals surface area contributed by atoms with Gasteiger partial charge in [-0.15, -0.1) is 0 Å². The molecule has 0 bridgehead atoms. The Hall–Kier alpha value is -0.610. The molecule has 0 amide bonds. The number of hydrogen-bond acceptors (Lipinski definition) is 1. The van der Waals surface area contributed by atoms with Crippen LogP contribution in [0.1, 0.15) is 17.2 Å². The van der Waals surface area contributed by atoms with Crippen molar-refractivity contribution in [1.82, 2.24) is 0 Å². The molecule has 0 saturated heterocycles. The summed E-state index contributed by atoms with van der Waals surface area (Å²) in [5.74, 6) is -0.335. The van der Waals surface area contributed by atoms with E-state index in [1.54, 1.807) is 30.3 Å². The molecule has 1 nitrogen and oxygen atoms in total. The highest BCUT2D eigenvalue weighted by atomic mass is 79.9. The Morgan fingerprint density at radius 3 is 2.32 bits per heavy atom. The van der Waals surface area contributed by atoms with Crippen molar-refractivity contribution < 1.29 is 4.39 Å². The van der Waals surface area contributed by atoms with Gasteiger partial charge >= 0.3 is 0 Å². The normalized spacial score (nSPS) is 12.5. The first-order valence-corrected chi connectivity index (χ1v) is 7.18. The Balaban J connectivity index is 2.31. The average Bonchev–Trinajstić information content (AvgIpc) is 2.37. The Labute approximate surface area is 129 Å². The fourth-order valence-corrected chi connectivity index (χ4v) is 2.97. The zero-order chi connectivity index (χ0) is 14.0. The second-order valence-electron chi connectivity index (χ2n) is 4.15. The number of benzene rings is 2. The highest BCUT2D eigenvalue weighted by Crippen LogP contribution is 2.31. The second kappa shape index (κ2) is 6.23. The predicted octanol–water partition coefficient (Wildman–Crippen LogP) is 5.14. The van der Waals surface area contributed by atoms with Gasteiger partial charge in [-0.1, -0.05) is 41.4 Å². The Morgan fingerprint density at radius 1 is 1.11 bits per heavy atom. The van der Waals surface area contributed by atoms with Gasteiger partial charge < -0.3 is 5.73 Å². The molecule has 2 rings (SSSR count). The third-order valence-corrected chi connectivity index (χ3v) is 4.41. The molecular formula is C14H11BrCl2FN. The van der Waals surface area contributed by atoms with Gasteiger partial charge in [0.25, 0.3) is 0 Å². The van der Waals surface area contributed by atoms with E-state index in [0.29, 0.717) is 26.5 Å². The smallest absolute Gasteiger partial charge is 0.137 e. The quantitative estimate of drug-likeness (QED) is 0.803. The van der Waals surface area contributed by atoms with Crippen LogP contribution in [0.25, 0.3) is 0 Å². The van der Waals surface area contributed by atoms with Crippen molar-refractivity contribution >= 4 is 39.1 Å². The molecule has 1 unspecified atom stereocenters. The Kier molecular flexibility index (Phi) is 4.85. The van der Waals surface area contributed by atoms with E-state index in [9.17, 15) is 4.39 Å². The van der Waals surface area contributed by atoms with E-state index in [-0.39, 0.29) is 11.9 Å². The maximum atomic E-state index is 13.5. The third kappa shape index (κ3) is 3.29. The molecule has 0 aromatic heterocycles. The molecule has 0 spiro atoms. The van der Waals surface area contributed by atoms with Crippen LogP contribution in [0.4, 0.5) is 4.39 Å². The molecule has 19 heavy (non-hydrogen) atoms. The summed E-state index contributed by atoms with van der Waals surface area (Å²) in [7, 11) is 0. The molecule has 100 valence electrons. The standard InChI is InChI=1S/C14H11BrCl2FN/c15-14-8(3-1-6-12(14)18)13(19)7-9-10(16)4-2-5-11(9)17/h1-6,13H,7,19H2. The first-order chi connectivity index (χ1) is 9.00. The fourth-order valence-electron chi connectivity index (χ4n) is 1.86. The molecular weight excluding hydrogens is 352 g/mol. The molecule has 0 radical (unpaired) electrons. The second-order valence-corrected chi connectivity index (χ2v) is 5.76. The van der Waals surface area contributed by atoms with Gasteiger partial charge in [0.2, 0.25) is 0 Å². The van der Waals surface area contributed by atoms with Crippen molar-refractivity contribution in [3.63, 3.8) is 0 Å². The first-order valence-electron chi connectivity index (χ1n) is 5.63. The summed E-state index contributed by atoms with van der Waals surface area (Å²) in [5, 5.41) is 1.13. The zero-order valence-corrected chi connectivity index (χ0v) is 12.9. The van der Waals surface area contributed by atoms with Gasteiger partial charge in [-0.3, -0.25) is 0 Å². The topological polar surface area (TPSA) is 26.0 Å². The molecule has 1 atom stereocenters. The minimum absolute atomic E-state index is 0.335. The number of nitrogens with two attached hydrogens (primary N) is 1. The summed E-state index contributed by atoms with van der Waals surface area (Å²) < 4.78 is 13.9. The van der Waals surface area contributed by atoms with Crippen molar-refractivity contribution in [2.75, 3.05) is 0 Å². The van der Waals surface area contributed by atoms with E-state index in [4.69, 9.17) is 28.9 Å². The minimum Gasteiger partial charge on any atom is -0.324 e. The lowest BCUT2D eigenvalue weighted by molar-refractivity contribution is 0.610. The molecule has 2 N–H and O–H groups in total. The highest BCUT2D eigenvalue weighted by molar-refractivity contribution is 9.10. The van der Waals surface area contributed by atoms with Crippen molar-refractivity contribution in [3.8, 4) is 0 Å². The summed E-state index contributed by atoms with van der Waals surface area (Å²) in [6.45, 7) is 0. The molecule has 0 fully saturated rings. The highest BCUT2D eigenvalue weighted by Gasteiger charge is 2.16. The lowest BCUT2D eigenvalue weighted by atomic mass is 9.99. The SMILES string of the molecule is NC(Cc1c(Cl)cccc1Cl)c1cccc(F)c1Br. The van der Waals surface area contributed by atoms with E-state index in [1.165, 1.54) is 6.07 Å². The van der Waals surface area contributed by atoms with Gasteiger partial charge in [0.05, 0.1) is 4.47 Å². The van der Waals surface area contributed by atoms with Gasteiger partial charge in [-0.25, -0.2) is 4.39 Å². The fraction of sp³-hybridized carbons (Fsp3) is 0.143. The molecule has 0 aliphatic heterocycles. The van der Waals surface area contributed by atoms with Crippen LogP contribution in [0.5, 0.6) is 0 Å². The van der Waals surface area contributed by atoms with Gasteiger partial charge in [-0.05, 0) is 51.7 Å². The molecule has 5 heteroatoms. The molecule has 0 aliphatic rings. The lowest BCUT2D eigenvalue weighted by Crippen LogP contribution is -2.15. The van der Waals surface area contributed by atoms with Crippen LogP contribution in [-0.2, 0) is 6.42 Å². The van der Waals surface area contributed by atoms with Gasteiger partial charge in [-0.2, -0.15) is 0 Å². The van der Waals surface area contributed by atoms with Gasteiger partial charge in [0.15, 0.2) is 0 Å². The molecule has 0 aliphatic carbocycles. The molecule has 2 aromatic rings. The van der Waals surface area contributed by atoms with Crippen LogP contribution in [0.2, 0.25) is 10.0 Å². The average molecular weight is 363 g/mol. The molecule has 2 aromatic carbocycles. The Morgan fingerprint density at radius 2 is 1.68 bits per heavy atom. The minimum atomic E-state index is -0.387. The van der Waals surface area contributed by atoms with E-state index < -0.39 is 0 Å². The van der Waals surface area contributed by atoms with E-state index >= 15 is 0 Å². The monoisotopic (exact) mass is 361 g/mol. The maximum absolute atomic E-state index is 13.5.